The van der Waals surface area contributed by atoms with Crippen molar-refractivity contribution >= 4 is 5.91 Å². The van der Waals surface area contributed by atoms with E-state index in [1.807, 2.05) is 47.4 Å². The van der Waals surface area contributed by atoms with Gasteiger partial charge in [-0.2, -0.15) is 5.10 Å². The van der Waals surface area contributed by atoms with Crippen LogP contribution in [-0.4, -0.2) is 33.7 Å². The second kappa shape index (κ2) is 9.55. The number of piperidine rings is 1. The van der Waals surface area contributed by atoms with E-state index in [2.05, 4.69) is 40.3 Å². The zero-order valence-corrected chi connectivity index (χ0v) is 16.9. The molecule has 0 bridgehead atoms. The molecule has 2 aromatic carbocycles. The van der Waals surface area contributed by atoms with Gasteiger partial charge in [-0.3, -0.25) is 4.79 Å². The van der Waals surface area contributed by atoms with E-state index in [9.17, 15) is 4.79 Å². The van der Waals surface area contributed by atoms with Gasteiger partial charge in [0.15, 0.2) is 0 Å². The Hall–Kier alpha value is -2.88. The summed E-state index contributed by atoms with van der Waals surface area (Å²) in [5, 5.41) is 4.42. The molecule has 4 rings (SSSR count). The van der Waals surface area contributed by atoms with Gasteiger partial charge in [-0.25, -0.2) is 4.68 Å². The molecule has 1 aliphatic rings. The summed E-state index contributed by atoms with van der Waals surface area (Å²) >= 11 is 0. The van der Waals surface area contributed by atoms with Crippen LogP contribution in [0.1, 0.15) is 36.8 Å². The average molecular weight is 388 g/mol. The molecule has 0 N–H and O–H groups in total. The second-order valence-electron chi connectivity index (χ2n) is 7.98. The predicted molar refractivity (Wildman–Crippen MR) is 116 cm³/mol. The highest BCUT2D eigenvalue weighted by Crippen LogP contribution is 2.23. The largest absolute Gasteiger partial charge is 0.343 e. The molecule has 150 valence electrons. The van der Waals surface area contributed by atoms with E-state index >= 15 is 0 Å². The first-order chi connectivity index (χ1) is 14.3. The molecule has 4 nitrogen and oxygen atoms in total. The Kier molecular flexibility index (Phi) is 6.40. The monoisotopic (exact) mass is 387 g/mol. The van der Waals surface area contributed by atoms with Crippen LogP contribution in [0, 0.1) is 5.92 Å². The minimum atomic E-state index is 0.277. The van der Waals surface area contributed by atoms with Crippen molar-refractivity contribution in [3.63, 3.8) is 0 Å². The molecule has 29 heavy (non-hydrogen) atoms. The molecular weight excluding hydrogens is 358 g/mol. The number of hydrogen-bond donors (Lipinski definition) is 0. The number of para-hydroxylation sites is 1. The van der Waals surface area contributed by atoms with E-state index in [-0.39, 0.29) is 5.91 Å². The fourth-order valence-electron chi connectivity index (χ4n) is 4.11. The number of hydrogen-bond acceptors (Lipinski definition) is 2. The highest BCUT2D eigenvalue weighted by Gasteiger charge is 2.22. The van der Waals surface area contributed by atoms with E-state index in [1.165, 1.54) is 12.0 Å². The zero-order chi connectivity index (χ0) is 19.9. The molecule has 0 saturated carbocycles. The average Bonchev–Trinajstić information content (AvgIpc) is 3.27. The minimum absolute atomic E-state index is 0.277. The lowest BCUT2D eigenvalue weighted by molar-refractivity contribution is -0.132. The summed E-state index contributed by atoms with van der Waals surface area (Å²) in [7, 11) is 0. The fraction of sp³-hybridized carbons (Fsp3) is 0.360. The Bertz CT molecular complexity index is 896. The molecule has 0 radical (unpaired) electrons. The van der Waals surface area contributed by atoms with Crippen LogP contribution in [0.15, 0.2) is 73.1 Å². The van der Waals surface area contributed by atoms with Crippen LogP contribution in [-0.2, 0) is 17.6 Å². The summed E-state index contributed by atoms with van der Waals surface area (Å²) < 4.78 is 1.87. The minimum Gasteiger partial charge on any atom is -0.343 e. The maximum Gasteiger partial charge on any atom is 0.222 e. The first-order valence-electron chi connectivity index (χ1n) is 10.7. The van der Waals surface area contributed by atoms with Crippen molar-refractivity contribution in [1.82, 2.24) is 14.7 Å². The van der Waals surface area contributed by atoms with E-state index < -0.39 is 0 Å². The van der Waals surface area contributed by atoms with Crippen molar-refractivity contribution in [2.75, 3.05) is 13.1 Å². The zero-order valence-electron chi connectivity index (χ0n) is 16.9. The van der Waals surface area contributed by atoms with Gasteiger partial charge in [0.2, 0.25) is 5.91 Å². The van der Waals surface area contributed by atoms with Crippen molar-refractivity contribution in [3.8, 4) is 5.69 Å². The van der Waals surface area contributed by atoms with Gasteiger partial charge in [0.25, 0.3) is 0 Å². The molecule has 1 aromatic heterocycles. The van der Waals surface area contributed by atoms with Gasteiger partial charge >= 0.3 is 0 Å². The van der Waals surface area contributed by atoms with Crippen molar-refractivity contribution < 1.29 is 4.79 Å². The highest BCUT2D eigenvalue weighted by atomic mass is 16.2. The number of aryl methyl sites for hydroxylation is 2. The molecule has 1 fully saturated rings. The van der Waals surface area contributed by atoms with Gasteiger partial charge in [0.05, 0.1) is 11.9 Å². The van der Waals surface area contributed by atoms with Crippen LogP contribution in [0.3, 0.4) is 0 Å². The molecule has 0 spiro atoms. The maximum absolute atomic E-state index is 12.6. The Balaban J connectivity index is 1.20. The molecule has 0 unspecified atom stereocenters. The van der Waals surface area contributed by atoms with Crippen molar-refractivity contribution in [3.05, 3.63) is 84.2 Å². The van der Waals surface area contributed by atoms with Gasteiger partial charge in [0, 0.05) is 25.7 Å². The normalized spacial score (nSPS) is 14.8. The van der Waals surface area contributed by atoms with Crippen LogP contribution in [0.4, 0.5) is 0 Å². The summed E-state index contributed by atoms with van der Waals surface area (Å²) in [6, 6.07) is 20.8. The number of carbonyl (C=O) groups excluding carboxylic acids is 1. The van der Waals surface area contributed by atoms with E-state index in [4.69, 9.17) is 0 Å². The molecule has 3 aromatic rings. The van der Waals surface area contributed by atoms with Gasteiger partial charge < -0.3 is 4.90 Å². The summed E-state index contributed by atoms with van der Waals surface area (Å²) in [4.78, 5) is 14.7. The van der Waals surface area contributed by atoms with Gasteiger partial charge in [0.1, 0.15) is 0 Å². The number of amides is 1. The second-order valence-corrected chi connectivity index (χ2v) is 7.98. The molecular formula is C25H29N3O. The van der Waals surface area contributed by atoms with Crippen molar-refractivity contribution in [2.45, 2.75) is 38.5 Å². The number of carbonyl (C=O) groups is 1. The fourth-order valence-corrected chi connectivity index (χ4v) is 4.11. The number of nitrogens with zero attached hydrogens (tertiary/aromatic N) is 3. The third-order valence-electron chi connectivity index (χ3n) is 5.94. The highest BCUT2D eigenvalue weighted by molar-refractivity contribution is 5.76. The lowest BCUT2D eigenvalue weighted by Crippen LogP contribution is -2.38. The topological polar surface area (TPSA) is 38.1 Å². The Morgan fingerprint density at radius 1 is 0.897 bits per heavy atom. The first kappa shape index (κ1) is 19.4. The third kappa shape index (κ3) is 5.35. The Morgan fingerprint density at radius 2 is 1.59 bits per heavy atom. The van der Waals surface area contributed by atoms with Gasteiger partial charge in [-0.15, -0.1) is 0 Å². The lowest BCUT2D eigenvalue weighted by atomic mass is 9.90. The Morgan fingerprint density at radius 3 is 2.31 bits per heavy atom. The predicted octanol–water partition coefficient (Wildman–Crippen LogP) is 4.68. The first-order valence-corrected chi connectivity index (χ1v) is 10.7. The van der Waals surface area contributed by atoms with Crippen LogP contribution >= 0.6 is 0 Å². The van der Waals surface area contributed by atoms with Crippen LogP contribution in [0.5, 0.6) is 0 Å². The maximum atomic E-state index is 12.6. The van der Waals surface area contributed by atoms with Crippen molar-refractivity contribution in [2.24, 2.45) is 5.92 Å². The molecule has 4 heteroatoms. The van der Waals surface area contributed by atoms with E-state index in [0.29, 0.717) is 6.42 Å². The van der Waals surface area contributed by atoms with Crippen molar-refractivity contribution in [1.29, 1.82) is 0 Å². The van der Waals surface area contributed by atoms with Gasteiger partial charge in [-0.05, 0) is 61.3 Å². The SMILES string of the molecule is O=C(CCc1cnn(-c2ccccc2)c1)N1CCC(CCc2ccccc2)CC1. The molecule has 1 aliphatic heterocycles. The van der Waals surface area contributed by atoms with Crippen LogP contribution < -0.4 is 0 Å². The lowest BCUT2D eigenvalue weighted by Gasteiger charge is -2.32. The number of rotatable bonds is 7. The van der Waals surface area contributed by atoms with Gasteiger partial charge in [-0.1, -0.05) is 48.5 Å². The molecule has 1 amide bonds. The summed E-state index contributed by atoms with van der Waals surface area (Å²) in [6.45, 7) is 1.81. The van der Waals surface area contributed by atoms with E-state index in [1.54, 1.807) is 0 Å². The summed E-state index contributed by atoms with van der Waals surface area (Å²) in [5.41, 5.74) is 3.57. The number of aromatic nitrogens is 2. The van der Waals surface area contributed by atoms with Crippen LogP contribution in [0.25, 0.3) is 5.69 Å². The Labute approximate surface area is 173 Å². The summed E-state index contributed by atoms with van der Waals surface area (Å²) in [6.07, 6.45) is 9.84. The third-order valence-corrected chi connectivity index (χ3v) is 5.94. The summed E-state index contributed by atoms with van der Waals surface area (Å²) in [5.74, 6) is 1.02. The molecule has 0 aliphatic carbocycles. The van der Waals surface area contributed by atoms with Crippen LogP contribution in [0.2, 0.25) is 0 Å². The molecule has 2 heterocycles. The standard InChI is InChI=1S/C25H29N3O/c29-25(14-13-23-19-26-28(20-23)24-9-5-2-6-10-24)27-17-15-22(16-18-27)12-11-21-7-3-1-4-8-21/h1-10,19-20,22H,11-18H2. The number of benzene rings is 2. The quantitative estimate of drug-likeness (QED) is 0.590. The molecule has 0 atom stereocenters. The smallest absolute Gasteiger partial charge is 0.222 e. The number of likely N-dealkylation sites (tertiary alicyclic amines) is 1. The van der Waals surface area contributed by atoms with E-state index in [0.717, 1.165) is 55.9 Å². The molecule has 1 saturated heterocycles.